The Morgan fingerprint density at radius 3 is 2.72 bits per heavy atom. The molecule has 0 amide bonds. The maximum atomic E-state index is 11.3. The number of rotatable bonds is 4. The number of methoxy groups -OCH3 is 1. The summed E-state index contributed by atoms with van der Waals surface area (Å²) in [7, 11) is 1.50. The SMILES string of the molecule is COc1cc2ncnc(Nc3cccc(Cl)c3C)c2cc1OC(C)=O. The highest BCUT2D eigenvalue weighted by molar-refractivity contribution is 6.31. The van der Waals surface area contributed by atoms with Gasteiger partial charge in [-0.2, -0.15) is 0 Å². The molecule has 0 saturated carbocycles. The number of nitrogens with zero attached hydrogens (tertiary/aromatic N) is 2. The van der Waals surface area contributed by atoms with E-state index < -0.39 is 5.97 Å². The van der Waals surface area contributed by atoms with Gasteiger partial charge in [-0.15, -0.1) is 0 Å². The molecule has 3 rings (SSSR count). The molecule has 3 aromatic rings. The minimum Gasteiger partial charge on any atom is -0.493 e. The van der Waals surface area contributed by atoms with Crippen LogP contribution in [0.1, 0.15) is 12.5 Å². The fraction of sp³-hybridized carbons (Fsp3) is 0.167. The van der Waals surface area contributed by atoms with E-state index in [1.807, 2.05) is 25.1 Å². The van der Waals surface area contributed by atoms with Gasteiger partial charge in [0.1, 0.15) is 12.1 Å². The van der Waals surface area contributed by atoms with Crippen molar-refractivity contribution in [2.45, 2.75) is 13.8 Å². The summed E-state index contributed by atoms with van der Waals surface area (Å²) in [5, 5.41) is 4.61. The number of aromatic nitrogens is 2. The summed E-state index contributed by atoms with van der Waals surface area (Å²) >= 11 is 6.17. The fourth-order valence-corrected chi connectivity index (χ4v) is 2.60. The zero-order chi connectivity index (χ0) is 18.0. The van der Waals surface area contributed by atoms with E-state index in [4.69, 9.17) is 21.1 Å². The number of hydrogen-bond acceptors (Lipinski definition) is 6. The largest absolute Gasteiger partial charge is 0.493 e. The minimum absolute atomic E-state index is 0.308. The van der Waals surface area contributed by atoms with Crippen molar-refractivity contribution >= 4 is 40.0 Å². The molecule has 0 fully saturated rings. The third-order valence-electron chi connectivity index (χ3n) is 3.70. The molecule has 1 N–H and O–H groups in total. The Kier molecular flexibility index (Phi) is 4.72. The van der Waals surface area contributed by atoms with Crippen LogP contribution in [-0.2, 0) is 4.79 Å². The van der Waals surface area contributed by atoms with E-state index in [9.17, 15) is 4.79 Å². The molecule has 6 nitrogen and oxygen atoms in total. The van der Waals surface area contributed by atoms with E-state index in [1.165, 1.54) is 20.4 Å². The van der Waals surface area contributed by atoms with Gasteiger partial charge in [0.05, 0.1) is 12.6 Å². The normalized spacial score (nSPS) is 10.6. The van der Waals surface area contributed by atoms with Crippen LogP contribution in [0.3, 0.4) is 0 Å². The summed E-state index contributed by atoms with van der Waals surface area (Å²) in [6.07, 6.45) is 1.45. The van der Waals surface area contributed by atoms with Crippen molar-refractivity contribution < 1.29 is 14.3 Å². The van der Waals surface area contributed by atoms with Crippen LogP contribution in [0.15, 0.2) is 36.7 Å². The first-order valence-corrected chi connectivity index (χ1v) is 7.90. The van der Waals surface area contributed by atoms with Crippen LogP contribution < -0.4 is 14.8 Å². The third kappa shape index (κ3) is 3.49. The van der Waals surface area contributed by atoms with Gasteiger partial charge < -0.3 is 14.8 Å². The molecule has 0 unspecified atom stereocenters. The average molecular weight is 358 g/mol. The first-order chi connectivity index (χ1) is 12.0. The fourth-order valence-electron chi connectivity index (χ4n) is 2.43. The second-order valence-electron chi connectivity index (χ2n) is 5.37. The number of carbonyl (C=O) groups excluding carboxylic acids is 1. The van der Waals surface area contributed by atoms with Crippen LogP contribution >= 0.6 is 11.6 Å². The number of anilines is 2. The summed E-state index contributed by atoms with van der Waals surface area (Å²) in [6, 6.07) is 8.97. The lowest BCUT2D eigenvalue weighted by atomic mass is 10.1. The Morgan fingerprint density at radius 1 is 1.20 bits per heavy atom. The molecule has 1 heterocycles. The third-order valence-corrected chi connectivity index (χ3v) is 4.10. The molecule has 0 saturated heterocycles. The molecule has 0 aliphatic carbocycles. The molecule has 0 atom stereocenters. The maximum Gasteiger partial charge on any atom is 0.308 e. The van der Waals surface area contributed by atoms with Gasteiger partial charge in [0, 0.05) is 29.1 Å². The Labute approximate surface area is 149 Å². The standard InChI is InChI=1S/C18H16ClN3O3/c1-10-13(19)5-4-6-14(10)22-18-12-7-17(25-11(2)23)16(24-3)8-15(12)20-9-21-18/h4-9H,1-3H3,(H,20,21,22). The monoisotopic (exact) mass is 357 g/mol. The van der Waals surface area contributed by atoms with E-state index >= 15 is 0 Å². The number of ether oxygens (including phenoxy) is 2. The lowest BCUT2D eigenvalue weighted by molar-refractivity contribution is -0.132. The molecule has 1 aromatic heterocycles. The molecule has 128 valence electrons. The zero-order valence-electron chi connectivity index (χ0n) is 14.0. The van der Waals surface area contributed by atoms with Crippen molar-refractivity contribution in [3.63, 3.8) is 0 Å². The Balaban J connectivity index is 2.12. The van der Waals surface area contributed by atoms with Crippen LogP contribution in [0, 0.1) is 6.92 Å². The van der Waals surface area contributed by atoms with Crippen molar-refractivity contribution in [2.75, 3.05) is 12.4 Å². The van der Waals surface area contributed by atoms with Crippen LogP contribution in [0.25, 0.3) is 10.9 Å². The van der Waals surface area contributed by atoms with Gasteiger partial charge in [-0.3, -0.25) is 4.79 Å². The molecule has 0 aliphatic heterocycles. The van der Waals surface area contributed by atoms with Crippen molar-refractivity contribution in [2.24, 2.45) is 0 Å². The number of fused-ring (bicyclic) bond motifs is 1. The number of esters is 1. The molecule has 0 aliphatic rings. The van der Waals surface area contributed by atoms with E-state index in [-0.39, 0.29) is 0 Å². The quantitative estimate of drug-likeness (QED) is 0.555. The Hall–Kier alpha value is -2.86. The van der Waals surface area contributed by atoms with Crippen molar-refractivity contribution in [1.29, 1.82) is 0 Å². The molecule has 0 radical (unpaired) electrons. The van der Waals surface area contributed by atoms with E-state index in [0.717, 1.165) is 11.3 Å². The van der Waals surface area contributed by atoms with E-state index in [1.54, 1.807) is 12.1 Å². The van der Waals surface area contributed by atoms with E-state index in [0.29, 0.717) is 33.2 Å². The number of benzene rings is 2. The number of nitrogens with one attached hydrogen (secondary N) is 1. The van der Waals surface area contributed by atoms with Crippen LogP contribution in [0.2, 0.25) is 5.02 Å². The summed E-state index contributed by atoms with van der Waals surface area (Å²) < 4.78 is 10.5. The van der Waals surface area contributed by atoms with Gasteiger partial charge in [-0.25, -0.2) is 9.97 Å². The van der Waals surface area contributed by atoms with Gasteiger partial charge in [0.25, 0.3) is 0 Å². The topological polar surface area (TPSA) is 73.3 Å². The number of hydrogen-bond donors (Lipinski definition) is 1. The molecule has 0 spiro atoms. The highest BCUT2D eigenvalue weighted by atomic mass is 35.5. The smallest absolute Gasteiger partial charge is 0.308 e. The van der Waals surface area contributed by atoms with Gasteiger partial charge in [0.2, 0.25) is 0 Å². The van der Waals surface area contributed by atoms with Crippen molar-refractivity contribution in [3.05, 3.63) is 47.2 Å². The molecule has 7 heteroatoms. The molecule has 25 heavy (non-hydrogen) atoms. The van der Waals surface area contributed by atoms with Crippen molar-refractivity contribution in [3.8, 4) is 11.5 Å². The molecular weight excluding hydrogens is 342 g/mol. The maximum absolute atomic E-state index is 11.3. The van der Waals surface area contributed by atoms with Gasteiger partial charge in [0.15, 0.2) is 11.5 Å². The average Bonchev–Trinajstić information content (AvgIpc) is 2.58. The highest BCUT2D eigenvalue weighted by Crippen LogP contribution is 2.35. The molecule has 0 bridgehead atoms. The predicted molar refractivity (Wildman–Crippen MR) is 96.9 cm³/mol. The van der Waals surface area contributed by atoms with E-state index in [2.05, 4.69) is 15.3 Å². The van der Waals surface area contributed by atoms with Crippen LogP contribution in [0.5, 0.6) is 11.5 Å². The van der Waals surface area contributed by atoms with Crippen LogP contribution in [0.4, 0.5) is 11.5 Å². The molecular formula is C18H16ClN3O3. The lowest BCUT2D eigenvalue weighted by Crippen LogP contribution is -2.04. The number of halogens is 1. The minimum atomic E-state index is -0.435. The molecule has 2 aromatic carbocycles. The summed E-state index contributed by atoms with van der Waals surface area (Å²) in [5.41, 5.74) is 2.40. The zero-order valence-corrected chi connectivity index (χ0v) is 14.7. The van der Waals surface area contributed by atoms with Gasteiger partial charge in [-0.05, 0) is 30.7 Å². The van der Waals surface area contributed by atoms with Crippen molar-refractivity contribution in [1.82, 2.24) is 9.97 Å². The Bertz CT molecular complexity index is 960. The highest BCUT2D eigenvalue weighted by Gasteiger charge is 2.14. The summed E-state index contributed by atoms with van der Waals surface area (Å²) in [5.74, 6) is 0.871. The van der Waals surface area contributed by atoms with Gasteiger partial charge >= 0.3 is 5.97 Å². The first-order valence-electron chi connectivity index (χ1n) is 7.53. The Morgan fingerprint density at radius 2 is 2.00 bits per heavy atom. The summed E-state index contributed by atoms with van der Waals surface area (Å²) in [4.78, 5) is 19.9. The summed E-state index contributed by atoms with van der Waals surface area (Å²) in [6.45, 7) is 3.25. The first kappa shape index (κ1) is 17.0. The van der Waals surface area contributed by atoms with Gasteiger partial charge in [-0.1, -0.05) is 17.7 Å². The number of carbonyl (C=O) groups is 1. The lowest BCUT2D eigenvalue weighted by Gasteiger charge is -2.14. The van der Waals surface area contributed by atoms with Crippen LogP contribution in [-0.4, -0.2) is 23.0 Å². The predicted octanol–water partition coefficient (Wildman–Crippen LogP) is 4.27. The second-order valence-corrected chi connectivity index (χ2v) is 5.78. The second kappa shape index (κ2) is 6.94.